The first-order chi connectivity index (χ1) is 13.7. The van der Waals surface area contributed by atoms with Crippen LogP contribution in [-0.4, -0.2) is 22.7 Å². The van der Waals surface area contributed by atoms with E-state index < -0.39 is 31.8 Å². The fourth-order valence-electron chi connectivity index (χ4n) is 3.00. The lowest BCUT2D eigenvalue weighted by Gasteiger charge is -2.17. The number of nitrogens with zero attached hydrogens (tertiary/aromatic N) is 1. The molecule has 29 heavy (non-hydrogen) atoms. The Kier molecular flexibility index (Phi) is 4.39. The summed E-state index contributed by atoms with van der Waals surface area (Å²) in [7, 11) is -8.68. The molecule has 3 aromatic carbocycles. The summed E-state index contributed by atoms with van der Waals surface area (Å²) < 4.78 is 65.4. The van der Waals surface area contributed by atoms with Gasteiger partial charge in [0.05, 0.1) is 11.3 Å². The lowest BCUT2D eigenvalue weighted by molar-refractivity contribution is 0.102. The van der Waals surface area contributed by atoms with E-state index in [1.54, 1.807) is 0 Å². The van der Waals surface area contributed by atoms with Gasteiger partial charge in [-0.1, -0.05) is 30.3 Å². The molecule has 0 spiro atoms. The van der Waals surface area contributed by atoms with Crippen molar-refractivity contribution in [2.75, 3.05) is 9.03 Å². The molecule has 0 atom stereocenters. The number of nitrogens with one attached hydrogen (secondary N) is 1. The smallest absolute Gasteiger partial charge is 0.279 e. The standard InChI is InChI=1S/C19H13FN2O5S2/c20-16-9-2-1-8-15(16)19(23)21-13-6-5-7-14(12-13)22-28(24,25)17-10-3-4-11-18(17)29(22,26)27/h1-12H,(H,21,23). The van der Waals surface area contributed by atoms with E-state index in [4.69, 9.17) is 0 Å². The molecule has 1 heterocycles. The molecule has 10 heteroatoms. The molecular formula is C19H13FN2O5S2. The van der Waals surface area contributed by atoms with E-state index >= 15 is 0 Å². The number of amides is 1. The summed E-state index contributed by atoms with van der Waals surface area (Å²) in [4.78, 5) is 11.7. The Morgan fingerprint density at radius 3 is 2.00 bits per heavy atom. The molecule has 148 valence electrons. The second kappa shape index (κ2) is 6.68. The fraction of sp³-hybridized carbons (Fsp3) is 0. The zero-order valence-corrected chi connectivity index (χ0v) is 16.2. The molecule has 0 saturated heterocycles. The van der Waals surface area contributed by atoms with Gasteiger partial charge in [0, 0.05) is 5.69 Å². The lowest BCUT2D eigenvalue weighted by Crippen LogP contribution is -2.30. The number of anilines is 2. The van der Waals surface area contributed by atoms with Crippen molar-refractivity contribution in [1.29, 1.82) is 0 Å². The first kappa shape index (κ1) is 19.1. The Labute approximate surface area is 166 Å². The third-order valence-corrected chi connectivity index (χ3v) is 8.70. The predicted molar refractivity (Wildman–Crippen MR) is 104 cm³/mol. The molecule has 1 aliphatic heterocycles. The van der Waals surface area contributed by atoms with Crippen LogP contribution in [0.15, 0.2) is 82.6 Å². The number of hydrogen-bond acceptors (Lipinski definition) is 5. The fourth-order valence-corrected chi connectivity index (χ4v) is 7.44. The SMILES string of the molecule is O=C(Nc1cccc(N2S(=O)(=O)c3ccccc3S2(=O)=O)c1)c1ccccc1F. The van der Waals surface area contributed by atoms with Gasteiger partial charge in [0.15, 0.2) is 0 Å². The van der Waals surface area contributed by atoms with Crippen LogP contribution in [0.25, 0.3) is 0 Å². The molecule has 0 aromatic heterocycles. The summed E-state index contributed by atoms with van der Waals surface area (Å²) in [6.07, 6.45) is 0. The Balaban J connectivity index is 1.73. The van der Waals surface area contributed by atoms with Crippen molar-refractivity contribution in [2.24, 2.45) is 0 Å². The molecule has 0 saturated carbocycles. The van der Waals surface area contributed by atoms with E-state index in [2.05, 4.69) is 5.32 Å². The molecule has 1 N–H and O–H groups in total. The summed E-state index contributed by atoms with van der Waals surface area (Å²) in [6.45, 7) is 0. The van der Waals surface area contributed by atoms with Gasteiger partial charge in [-0.15, -0.1) is 0 Å². The highest BCUT2D eigenvalue weighted by atomic mass is 32.3. The van der Waals surface area contributed by atoms with E-state index in [0.29, 0.717) is 3.71 Å². The molecular weight excluding hydrogens is 419 g/mol. The van der Waals surface area contributed by atoms with Gasteiger partial charge in [0.1, 0.15) is 15.6 Å². The van der Waals surface area contributed by atoms with Gasteiger partial charge in [-0.3, -0.25) is 4.79 Å². The number of benzene rings is 3. The number of fused-ring (bicyclic) bond motifs is 1. The van der Waals surface area contributed by atoms with Crippen LogP contribution in [0.3, 0.4) is 0 Å². The molecule has 4 rings (SSSR count). The van der Waals surface area contributed by atoms with Crippen molar-refractivity contribution in [1.82, 2.24) is 0 Å². The molecule has 1 aliphatic rings. The molecule has 0 radical (unpaired) electrons. The molecule has 0 bridgehead atoms. The number of sulfonamides is 2. The van der Waals surface area contributed by atoms with E-state index in [0.717, 1.165) is 6.07 Å². The summed E-state index contributed by atoms with van der Waals surface area (Å²) in [5, 5.41) is 2.44. The average molecular weight is 432 g/mol. The molecule has 7 nitrogen and oxygen atoms in total. The van der Waals surface area contributed by atoms with Gasteiger partial charge in [-0.25, -0.2) is 4.39 Å². The second-order valence-corrected chi connectivity index (χ2v) is 9.88. The van der Waals surface area contributed by atoms with Crippen LogP contribution in [0.5, 0.6) is 0 Å². The van der Waals surface area contributed by atoms with Gasteiger partial charge in [0.25, 0.3) is 26.0 Å². The number of carbonyl (C=O) groups is 1. The molecule has 1 amide bonds. The summed E-state index contributed by atoms with van der Waals surface area (Å²) >= 11 is 0. The zero-order chi connectivity index (χ0) is 20.8. The Morgan fingerprint density at radius 2 is 1.38 bits per heavy atom. The maximum atomic E-state index is 13.8. The number of carbonyl (C=O) groups excluding carboxylic acids is 1. The van der Waals surface area contributed by atoms with Gasteiger partial charge in [-0.2, -0.15) is 20.5 Å². The third kappa shape index (κ3) is 3.06. The van der Waals surface area contributed by atoms with Crippen LogP contribution >= 0.6 is 0 Å². The maximum Gasteiger partial charge on any atom is 0.279 e. The summed E-state index contributed by atoms with van der Waals surface area (Å²) in [5.41, 5.74) is -0.267. The summed E-state index contributed by atoms with van der Waals surface area (Å²) in [6, 6.07) is 16.0. The Bertz CT molecular complexity index is 1300. The van der Waals surface area contributed by atoms with Gasteiger partial charge in [0.2, 0.25) is 0 Å². The van der Waals surface area contributed by atoms with Crippen molar-refractivity contribution in [3.8, 4) is 0 Å². The monoisotopic (exact) mass is 432 g/mol. The quantitative estimate of drug-likeness (QED) is 0.686. The predicted octanol–water partition coefficient (Wildman–Crippen LogP) is 2.98. The molecule has 0 unspecified atom stereocenters. The first-order valence-corrected chi connectivity index (χ1v) is 11.2. The Hall–Kier alpha value is -3.24. The van der Waals surface area contributed by atoms with Gasteiger partial charge >= 0.3 is 0 Å². The Morgan fingerprint density at radius 1 is 0.793 bits per heavy atom. The number of rotatable bonds is 3. The highest BCUT2D eigenvalue weighted by Crippen LogP contribution is 2.40. The summed E-state index contributed by atoms with van der Waals surface area (Å²) in [5.74, 6) is -1.48. The van der Waals surface area contributed by atoms with Crippen LogP contribution < -0.4 is 9.03 Å². The van der Waals surface area contributed by atoms with Crippen LogP contribution in [0, 0.1) is 5.82 Å². The van der Waals surface area contributed by atoms with Gasteiger partial charge < -0.3 is 5.32 Å². The highest BCUT2D eigenvalue weighted by Gasteiger charge is 2.47. The van der Waals surface area contributed by atoms with Crippen LogP contribution in [-0.2, 0) is 20.0 Å². The van der Waals surface area contributed by atoms with Crippen LogP contribution in [0.2, 0.25) is 0 Å². The van der Waals surface area contributed by atoms with E-state index in [9.17, 15) is 26.0 Å². The average Bonchev–Trinajstić information content (AvgIpc) is 2.84. The minimum atomic E-state index is -4.34. The van der Waals surface area contributed by atoms with Crippen LogP contribution in [0.1, 0.15) is 10.4 Å². The van der Waals surface area contributed by atoms with E-state index in [1.807, 2.05) is 0 Å². The normalized spacial score (nSPS) is 16.2. The second-order valence-electron chi connectivity index (χ2n) is 6.14. The van der Waals surface area contributed by atoms with Crippen LogP contribution in [0.4, 0.5) is 15.8 Å². The zero-order valence-electron chi connectivity index (χ0n) is 14.6. The number of halogens is 1. The molecule has 0 fully saturated rings. The van der Waals surface area contributed by atoms with Crippen molar-refractivity contribution in [3.63, 3.8) is 0 Å². The maximum absolute atomic E-state index is 13.8. The number of hydrogen-bond donors (Lipinski definition) is 1. The third-order valence-electron chi connectivity index (χ3n) is 4.27. The first-order valence-electron chi connectivity index (χ1n) is 8.28. The lowest BCUT2D eigenvalue weighted by atomic mass is 10.2. The van der Waals surface area contributed by atoms with Crippen molar-refractivity contribution < 1.29 is 26.0 Å². The highest BCUT2D eigenvalue weighted by molar-refractivity contribution is 8.12. The molecule has 0 aliphatic carbocycles. The van der Waals surface area contributed by atoms with Crippen molar-refractivity contribution in [3.05, 3.63) is 84.2 Å². The largest absolute Gasteiger partial charge is 0.322 e. The minimum absolute atomic E-state index is 0.108. The minimum Gasteiger partial charge on any atom is -0.322 e. The molecule has 3 aromatic rings. The van der Waals surface area contributed by atoms with Crippen molar-refractivity contribution in [2.45, 2.75) is 9.79 Å². The van der Waals surface area contributed by atoms with E-state index in [-0.39, 0.29) is 26.7 Å². The topological polar surface area (TPSA) is 101 Å². The van der Waals surface area contributed by atoms with Crippen molar-refractivity contribution >= 4 is 37.3 Å². The van der Waals surface area contributed by atoms with E-state index in [1.165, 1.54) is 66.7 Å². The van der Waals surface area contributed by atoms with Gasteiger partial charge in [-0.05, 0) is 42.5 Å².